The summed E-state index contributed by atoms with van der Waals surface area (Å²) in [5.41, 5.74) is 5.71. The summed E-state index contributed by atoms with van der Waals surface area (Å²) in [6.07, 6.45) is 1.29. The van der Waals surface area contributed by atoms with Crippen LogP contribution >= 0.6 is 0 Å². The lowest BCUT2D eigenvalue weighted by Crippen LogP contribution is -1.93. The highest BCUT2D eigenvalue weighted by molar-refractivity contribution is 6.01. The van der Waals surface area contributed by atoms with Crippen LogP contribution in [0.15, 0.2) is 17.7 Å². The molecule has 0 heterocycles. The molecule has 0 aliphatic heterocycles. The molecule has 0 atom stereocenters. The Bertz CT molecular complexity index is 489. The number of nitriles is 1. The monoisotopic (exact) mass is 218 g/mol. The van der Waals surface area contributed by atoms with Crippen LogP contribution in [0.2, 0.25) is 0 Å². The van der Waals surface area contributed by atoms with Crippen molar-refractivity contribution in [3.05, 3.63) is 23.3 Å². The smallest absolute Gasteiger partial charge is 0.181 e. The highest BCUT2D eigenvalue weighted by Crippen LogP contribution is 2.32. The largest absolute Gasteiger partial charge is 0.504 e. The summed E-state index contributed by atoms with van der Waals surface area (Å²) >= 11 is 0. The minimum Gasteiger partial charge on any atom is -0.504 e. The normalized spacial score (nSPS) is 10.9. The van der Waals surface area contributed by atoms with E-state index in [1.54, 1.807) is 6.07 Å². The van der Waals surface area contributed by atoms with Crippen LogP contribution in [0.25, 0.3) is 6.08 Å². The Kier molecular flexibility index (Phi) is 3.16. The predicted molar refractivity (Wildman–Crippen MR) is 58.5 cm³/mol. The molecule has 1 aromatic rings. The second-order valence-corrected chi connectivity index (χ2v) is 3.20. The Balaban J connectivity index is 3.27. The number of Topliss-reactive ketones (excluding diaryl/α,β-unsaturated/α-hetero) is 1. The average molecular weight is 218 g/mol. The summed E-state index contributed by atoms with van der Waals surface area (Å²) in [6, 6.07) is 4.30. The first-order chi connectivity index (χ1) is 7.45. The average Bonchev–Trinajstić information content (AvgIpc) is 2.21. The number of phenolic OH excluding ortho intramolecular Hbond substituents is 2. The van der Waals surface area contributed by atoms with Gasteiger partial charge in [-0.3, -0.25) is 4.79 Å². The molecule has 0 radical (unpaired) electrons. The number of nitrogen functional groups attached to an aromatic ring is 1. The predicted octanol–water partition coefficient (Wildman–Crippen LogP) is 1.18. The third-order valence-electron chi connectivity index (χ3n) is 1.95. The molecule has 0 aromatic heterocycles. The van der Waals surface area contributed by atoms with Gasteiger partial charge in [0.2, 0.25) is 0 Å². The molecule has 0 fully saturated rings. The number of hydrogen-bond donors (Lipinski definition) is 3. The zero-order valence-corrected chi connectivity index (χ0v) is 8.56. The van der Waals surface area contributed by atoms with Crippen LogP contribution in [0.5, 0.6) is 11.5 Å². The van der Waals surface area contributed by atoms with E-state index in [9.17, 15) is 15.0 Å². The van der Waals surface area contributed by atoms with Crippen LogP contribution in [0.3, 0.4) is 0 Å². The van der Waals surface area contributed by atoms with Gasteiger partial charge in [0.1, 0.15) is 6.07 Å². The van der Waals surface area contributed by atoms with E-state index in [0.717, 1.165) is 0 Å². The number of anilines is 1. The molecule has 16 heavy (non-hydrogen) atoms. The molecule has 5 nitrogen and oxygen atoms in total. The van der Waals surface area contributed by atoms with Gasteiger partial charge < -0.3 is 15.9 Å². The van der Waals surface area contributed by atoms with Crippen LogP contribution in [0.4, 0.5) is 5.69 Å². The van der Waals surface area contributed by atoms with E-state index < -0.39 is 11.5 Å². The van der Waals surface area contributed by atoms with Crippen molar-refractivity contribution in [2.75, 3.05) is 5.73 Å². The second-order valence-electron chi connectivity index (χ2n) is 3.20. The molecular formula is C11H10N2O3. The van der Waals surface area contributed by atoms with Crippen molar-refractivity contribution in [2.24, 2.45) is 0 Å². The summed E-state index contributed by atoms with van der Waals surface area (Å²) < 4.78 is 0. The molecule has 0 spiro atoms. The molecule has 0 aliphatic carbocycles. The third-order valence-corrected chi connectivity index (χ3v) is 1.95. The highest BCUT2D eigenvalue weighted by Gasteiger charge is 2.07. The molecule has 1 rings (SSSR count). The van der Waals surface area contributed by atoms with Crippen molar-refractivity contribution >= 4 is 17.5 Å². The number of aromatic hydroxyl groups is 2. The fraction of sp³-hybridized carbons (Fsp3) is 0.0909. The van der Waals surface area contributed by atoms with Gasteiger partial charge in [-0.05, 0) is 30.7 Å². The van der Waals surface area contributed by atoms with Gasteiger partial charge in [0.05, 0.1) is 11.3 Å². The number of nitrogens with zero attached hydrogens (tertiary/aromatic N) is 1. The lowest BCUT2D eigenvalue weighted by Gasteiger charge is -2.03. The molecule has 82 valence electrons. The first-order valence-electron chi connectivity index (χ1n) is 4.40. The van der Waals surface area contributed by atoms with Gasteiger partial charge in [-0.15, -0.1) is 0 Å². The van der Waals surface area contributed by atoms with Gasteiger partial charge in [0.15, 0.2) is 17.3 Å². The van der Waals surface area contributed by atoms with E-state index in [2.05, 4.69) is 0 Å². The van der Waals surface area contributed by atoms with E-state index in [4.69, 9.17) is 11.0 Å². The highest BCUT2D eigenvalue weighted by atomic mass is 16.3. The molecular weight excluding hydrogens is 208 g/mol. The van der Waals surface area contributed by atoms with Crippen molar-refractivity contribution in [1.29, 1.82) is 5.26 Å². The summed E-state index contributed by atoms with van der Waals surface area (Å²) in [5, 5.41) is 27.2. The molecule has 0 bridgehead atoms. The van der Waals surface area contributed by atoms with Gasteiger partial charge in [-0.2, -0.15) is 5.26 Å². The summed E-state index contributed by atoms with van der Waals surface area (Å²) in [5.74, 6) is -1.20. The Labute approximate surface area is 92.0 Å². The summed E-state index contributed by atoms with van der Waals surface area (Å²) in [4.78, 5) is 11.0. The number of hydrogen-bond acceptors (Lipinski definition) is 5. The molecule has 1 aromatic carbocycles. The van der Waals surface area contributed by atoms with Gasteiger partial charge in [0, 0.05) is 0 Å². The lowest BCUT2D eigenvalue weighted by molar-refractivity contribution is -0.113. The first-order valence-corrected chi connectivity index (χ1v) is 4.40. The van der Waals surface area contributed by atoms with Gasteiger partial charge >= 0.3 is 0 Å². The number of carbonyl (C=O) groups is 1. The van der Waals surface area contributed by atoms with Crippen LogP contribution in [-0.4, -0.2) is 16.0 Å². The van der Waals surface area contributed by atoms with Crippen molar-refractivity contribution in [2.45, 2.75) is 6.92 Å². The molecule has 5 heteroatoms. The maximum Gasteiger partial charge on any atom is 0.181 e. The van der Waals surface area contributed by atoms with Crippen LogP contribution in [0.1, 0.15) is 12.5 Å². The minimum absolute atomic E-state index is 0.0212. The Hall–Kier alpha value is -2.48. The number of nitrogens with two attached hydrogens (primary N) is 1. The minimum atomic E-state index is -0.418. The van der Waals surface area contributed by atoms with Crippen molar-refractivity contribution in [1.82, 2.24) is 0 Å². The van der Waals surface area contributed by atoms with Crippen LogP contribution in [0, 0.1) is 11.3 Å². The van der Waals surface area contributed by atoms with Crippen molar-refractivity contribution in [3.63, 3.8) is 0 Å². The fourth-order valence-electron chi connectivity index (χ4n) is 1.13. The number of ketones is 1. The Morgan fingerprint density at radius 2 is 2.12 bits per heavy atom. The zero-order valence-electron chi connectivity index (χ0n) is 8.56. The summed E-state index contributed by atoms with van der Waals surface area (Å²) in [7, 11) is 0. The Morgan fingerprint density at radius 3 is 2.56 bits per heavy atom. The van der Waals surface area contributed by atoms with E-state index >= 15 is 0 Å². The maximum absolute atomic E-state index is 11.0. The lowest BCUT2D eigenvalue weighted by atomic mass is 10.1. The third kappa shape index (κ3) is 2.30. The van der Waals surface area contributed by atoms with Gasteiger partial charge in [-0.25, -0.2) is 0 Å². The topological polar surface area (TPSA) is 107 Å². The van der Waals surface area contributed by atoms with Crippen molar-refractivity contribution in [3.8, 4) is 17.6 Å². The molecule has 0 unspecified atom stereocenters. The van der Waals surface area contributed by atoms with E-state index in [-0.39, 0.29) is 17.0 Å². The summed E-state index contributed by atoms with van der Waals surface area (Å²) in [6.45, 7) is 1.26. The molecule has 4 N–H and O–H groups in total. The zero-order chi connectivity index (χ0) is 12.3. The van der Waals surface area contributed by atoms with E-state index in [0.29, 0.717) is 5.56 Å². The number of phenols is 2. The van der Waals surface area contributed by atoms with Crippen molar-refractivity contribution < 1.29 is 15.0 Å². The number of allylic oxidation sites excluding steroid dienone is 1. The molecule has 0 amide bonds. The first kappa shape index (κ1) is 11.6. The standard InChI is InChI=1S/C11H10N2O3/c1-6(14)8(5-12)2-7-3-9(13)11(16)10(15)4-7/h2-4,15-16H,13H2,1H3/b8-2+. The van der Waals surface area contributed by atoms with Gasteiger partial charge in [-0.1, -0.05) is 0 Å². The maximum atomic E-state index is 11.0. The second kappa shape index (κ2) is 4.36. The van der Waals surface area contributed by atoms with Gasteiger partial charge in [0.25, 0.3) is 0 Å². The number of benzene rings is 1. The van der Waals surface area contributed by atoms with Crippen LogP contribution in [-0.2, 0) is 4.79 Å². The number of rotatable bonds is 2. The molecule has 0 aliphatic rings. The Morgan fingerprint density at radius 1 is 1.50 bits per heavy atom. The fourth-order valence-corrected chi connectivity index (χ4v) is 1.13. The SMILES string of the molecule is CC(=O)/C(C#N)=C/c1cc(N)c(O)c(O)c1. The van der Waals surface area contributed by atoms with E-state index in [1.165, 1.54) is 25.1 Å². The van der Waals surface area contributed by atoms with Crippen LogP contribution < -0.4 is 5.73 Å². The quantitative estimate of drug-likeness (QED) is 0.299. The van der Waals surface area contributed by atoms with E-state index in [1.807, 2.05) is 0 Å². The number of carbonyl (C=O) groups excluding carboxylic acids is 1. The molecule has 0 saturated heterocycles. The molecule has 0 saturated carbocycles.